The van der Waals surface area contributed by atoms with E-state index in [0.717, 1.165) is 0 Å². The quantitative estimate of drug-likeness (QED) is 0.376. The van der Waals surface area contributed by atoms with E-state index in [2.05, 4.69) is 120 Å². The highest BCUT2D eigenvalue weighted by Gasteiger charge is 2.58. The van der Waals surface area contributed by atoms with Gasteiger partial charge in [-0.3, -0.25) is 0 Å². The highest BCUT2D eigenvalue weighted by Crippen LogP contribution is 2.75. The van der Waals surface area contributed by atoms with Crippen LogP contribution in [0, 0.1) is 5.92 Å². The van der Waals surface area contributed by atoms with Crippen molar-refractivity contribution < 1.29 is 4.74 Å². The van der Waals surface area contributed by atoms with Crippen LogP contribution in [0.5, 0.6) is 0 Å². The van der Waals surface area contributed by atoms with E-state index in [4.69, 9.17) is 4.74 Å². The molecular weight excluding hydrogens is 419 g/mol. The predicted molar refractivity (Wildman–Crippen MR) is 151 cm³/mol. The zero-order valence-corrected chi connectivity index (χ0v) is 24.9. The van der Waals surface area contributed by atoms with Gasteiger partial charge in [-0.05, 0) is 62.8 Å². The highest BCUT2D eigenvalue weighted by atomic mass is 31.1. The SMILES string of the molecule is COC1C=CC(C)=C(c2ccc(C(C)C)cc2C(C)C)C1(C(C)C)P(C(C)(C)C)C(C)(C)C. The van der Waals surface area contributed by atoms with Crippen molar-refractivity contribution in [1.82, 2.24) is 0 Å². The molecule has 2 atom stereocenters. The van der Waals surface area contributed by atoms with Crippen LogP contribution >= 0.6 is 7.92 Å². The van der Waals surface area contributed by atoms with Gasteiger partial charge in [-0.1, -0.05) is 121 Å². The van der Waals surface area contributed by atoms with Gasteiger partial charge in [0.2, 0.25) is 0 Å². The minimum atomic E-state index is -0.505. The highest BCUT2D eigenvalue weighted by molar-refractivity contribution is 7.63. The zero-order valence-electron chi connectivity index (χ0n) is 24.1. The second-order valence-electron chi connectivity index (χ2n) is 12.9. The van der Waals surface area contributed by atoms with Crippen molar-refractivity contribution in [3.05, 3.63) is 52.6 Å². The monoisotopic (exact) mass is 470 g/mol. The molecule has 0 bridgehead atoms. The molecule has 2 heteroatoms. The molecule has 0 aromatic heterocycles. The van der Waals surface area contributed by atoms with Crippen molar-refractivity contribution in [1.29, 1.82) is 0 Å². The molecule has 1 aromatic rings. The van der Waals surface area contributed by atoms with Crippen molar-refractivity contribution in [3.8, 4) is 0 Å². The Kier molecular flexibility index (Phi) is 8.57. The summed E-state index contributed by atoms with van der Waals surface area (Å²) >= 11 is 0. The lowest BCUT2D eigenvalue weighted by Crippen LogP contribution is -2.54. The van der Waals surface area contributed by atoms with Crippen LogP contribution in [0.2, 0.25) is 0 Å². The molecule has 33 heavy (non-hydrogen) atoms. The molecule has 0 N–H and O–H groups in total. The van der Waals surface area contributed by atoms with Gasteiger partial charge in [-0.2, -0.15) is 0 Å². The first-order chi connectivity index (χ1) is 15.0. The normalized spacial score (nSPS) is 22.4. The number of methoxy groups -OCH3 is 1. The minimum absolute atomic E-state index is 0.0607. The molecule has 0 heterocycles. The molecule has 1 nitrogen and oxygen atoms in total. The summed E-state index contributed by atoms with van der Waals surface area (Å²) in [7, 11) is 1.41. The molecule has 2 rings (SSSR count). The molecule has 0 aliphatic heterocycles. The van der Waals surface area contributed by atoms with Crippen molar-refractivity contribution in [2.75, 3.05) is 7.11 Å². The molecule has 0 fully saturated rings. The van der Waals surface area contributed by atoms with Crippen molar-refractivity contribution in [2.24, 2.45) is 5.92 Å². The van der Waals surface area contributed by atoms with Crippen LogP contribution in [-0.2, 0) is 4.74 Å². The van der Waals surface area contributed by atoms with Crippen LogP contribution in [0.1, 0.15) is 119 Å². The smallest absolute Gasteiger partial charge is 0.0894 e. The molecule has 186 valence electrons. The summed E-state index contributed by atoms with van der Waals surface area (Å²) in [4.78, 5) is 0. The summed E-state index contributed by atoms with van der Waals surface area (Å²) < 4.78 is 6.40. The molecule has 1 aliphatic carbocycles. The fraction of sp³-hybridized carbons (Fsp3) is 0.677. The number of allylic oxidation sites excluding steroid dienone is 2. The Bertz CT molecular complexity index is 874. The first kappa shape index (κ1) is 28.3. The first-order valence-electron chi connectivity index (χ1n) is 12.9. The van der Waals surface area contributed by atoms with E-state index in [9.17, 15) is 0 Å². The standard InChI is InChI=1S/C31H51OP/c1-20(2)24-16-17-25(26(19-24)21(3)4)28-23(7)15-18-27(32-14)31(28,22(5)6)33(29(8,9)10)30(11,12)13/h15-22,27H,1-14H3. The molecule has 1 aliphatic rings. The third kappa shape index (κ3) is 5.21. The number of rotatable bonds is 6. The van der Waals surface area contributed by atoms with E-state index < -0.39 is 7.92 Å². The molecule has 0 spiro atoms. The van der Waals surface area contributed by atoms with E-state index in [1.165, 1.54) is 27.8 Å². The Labute approximate surface area is 207 Å². The maximum Gasteiger partial charge on any atom is 0.0894 e. The summed E-state index contributed by atoms with van der Waals surface area (Å²) in [5.74, 6) is 1.43. The Balaban J connectivity index is 3.07. The number of hydrogen-bond acceptors (Lipinski definition) is 1. The van der Waals surface area contributed by atoms with Crippen LogP contribution in [0.25, 0.3) is 5.57 Å². The summed E-state index contributed by atoms with van der Waals surface area (Å²) in [5.41, 5.74) is 7.27. The van der Waals surface area contributed by atoms with Crippen LogP contribution in [0.15, 0.2) is 35.9 Å². The van der Waals surface area contributed by atoms with Crippen molar-refractivity contribution in [3.63, 3.8) is 0 Å². The third-order valence-electron chi connectivity index (χ3n) is 7.23. The molecule has 0 amide bonds. The average Bonchev–Trinajstić information content (AvgIpc) is 2.65. The number of benzene rings is 1. The van der Waals surface area contributed by atoms with Crippen molar-refractivity contribution in [2.45, 2.75) is 123 Å². The summed E-state index contributed by atoms with van der Waals surface area (Å²) in [6, 6.07) is 7.28. The van der Waals surface area contributed by atoms with E-state index in [-0.39, 0.29) is 21.6 Å². The molecule has 2 unspecified atom stereocenters. The molecule has 0 saturated carbocycles. The Hall–Kier alpha value is -0.910. The fourth-order valence-electron chi connectivity index (χ4n) is 6.48. The fourth-order valence-corrected chi connectivity index (χ4v) is 12.2. The van der Waals surface area contributed by atoms with Gasteiger partial charge in [-0.25, -0.2) is 0 Å². The zero-order chi connectivity index (χ0) is 25.5. The average molecular weight is 471 g/mol. The second-order valence-corrected chi connectivity index (χ2v) is 17.0. The predicted octanol–water partition coefficient (Wildman–Crippen LogP) is 9.77. The summed E-state index contributed by atoms with van der Waals surface area (Å²) in [5, 5.41) is 0.255. The van der Waals surface area contributed by atoms with E-state index >= 15 is 0 Å². The molecule has 0 radical (unpaired) electrons. The van der Waals surface area contributed by atoms with Gasteiger partial charge >= 0.3 is 0 Å². The van der Waals surface area contributed by atoms with Gasteiger partial charge in [0.25, 0.3) is 0 Å². The topological polar surface area (TPSA) is 9.23 Å². The van der Waals surface area contributed by atoms with Gasteiger partial charge in [-0.15, -0.1) is 0 Å². The van der Waals surface area contributed by atoms with Crippen LogP contribution < -0.4 is 0 Å². The maximum absolute atomic E-state index is 6.40. The van der Waals surface area contributed by atoms with E-state index in [1.807, 2.05) is 7.11 Å². The Morgan fingerprint density at radius 1 is 0.879 bits per heavy atom. The number of ether oxygens (including phenoxy) is 1. The maximum atomic E-state index is 6.40. The lowest BCUT2D eigenvalue weighted by molar-refractivity contribution is 0.103. The number of hydrogen-bond donors (Lipinski definition) is 0. The Morgan fingerprint density at radius 2 is 1.42 bits per heavy atom. The van der Waals surface area contributed by atoms with Crippen LogP contribution in [0.4, 0.5) is 0 Å². The molecule has 0 saturated heterocycles. The lowest BCUT2D eigenvalue weighted by Gasteiger charge is -2.60. The van der Waals surface area contributed by atoms with Gasteiger partial charge in [0.1, 0.15) is 0 Å². The first-order valence-corrected chi connectivity index (χ1v) is 14.2. The summed E-state index contributed by atoms with van der Waals surface area (Å²) in [6.07, 6.45) is 4.73. The van der Waals surface area contributed by atoms with Crippen LogP contribution in [-0.4, -0.2) is 28.7 Å². The van der Waals surface area contributed by atoms with Crippen LogP contribution in [0.3, 0.4) is 0 Å². The van der Waals surface area contributed by atoms with Gasteiger partial charge < -0.3 is 4.74 Å². The third-order valence-corrected chi connectivity index (χ3v) is 11.6. The van der Waals surface area contributed by atoms with Crippen molar-refractivity contribution >= 4 is 13.5 Å². The largest absolute Gasteiger partial charge is 0.376 e. The van der Waals surface area contributed by atoms with Gasteiger partial charge in [0.15, 0.2) is 0 Å². The Morgan fingerprint density at radius 3 is 1.82 bits per heavy atom. The van der Waals surface area contributed by atoms with Gasteiger partial charge in [0, 0.05) is 12.3 Å². The molecule has 1 aromatic carbocycles. The van der Waals surface area contributed by atoms with E-state index in [1.54, 1.807) is 0 Å². The van der Waals surface area contributed by atoms with Gasteiger partial charge in [0.05, 0.1) is 6.10 Å². The van der Waals surface area contributed by atoms with E-state index in [0.29, 0.717) is 17.8 Å². The lowest BCUT2D eigenvalue weighted by atomic mass is 9.72. The molecular formula is C31H51OP. The summed E-state index contributed by atoms with van der Waals surface area (Å²) in [6.45, 7) is 31.2. The minimum Gasteiger partial charge on any atom is -0.376 e. The second kappa shape index (κ2) is 9.99.